The third-order valence-electron chi connectivity index (χ3n) is 3.73. The number of aromatic nitrogens is 1. The van der Waals surface area contributed by atoms with Crippen LogP contribution in [0, 0.1) is 0 Å². The molecule has 0 radical (unpaired) electrons. The van der Waals surface area contributed by atoms with Crippen LogP contribution in [0.25, 0.3) is 16.9 Å². The van der Waals surface area contributed by atoms with Crippen molar-refractivity contribution in [1.29, 1.82) is 0 Å². The molecule has 0 bridgehead atoms. The minimum absolute atomic E-state index is 0.0410. The monoisotopic (exact) mass is 325 g/mol. The lowest BCUT2D eigenvalue weighted by atomic mass is 10.1. The van der Waals surface area contributed by atoms with Crippen molar-refractivity contribution in [2.75, 3.05) is 0 Å². The van der Waals surface area contributed by atoms with E-state index in [2.05, 4.69) is 22.8 Å². The van der Waals surface area contributed by atoms with Gasteiger partial charge >= 0.3 is 0 Å². The fraction of sp³-hybridized carbons (Fsp3) is 0.111. The first-order valence-corrected chi connectivity index (χ1v) is 8.53. The Bertz CT molecular complexity index is 808. The summed E-state index contributed by atoms with van der Waals surface area (Å²) in [6.07, 6.45) is 1.99. The van der Waals surface area contributed by atoms with E-state index >= 15 is 0 Å². The molecule has 4 nitrogen and oxygen atoms in total. The number of nitrogens with two attached hydrogens (primary N) is 1. The van der Waals surface area contributed by atoms with E-state index < -0.39 is 11.1 Å². The van der Waals surface area contributed by atoms with Crippen LogP contribution in [0.5, 0.6) is 0 Å². The molecule has 1 atom stereocenters. The Morgan fingerprint density at radius 3 is 2.22 bits per heavy atom. The highest BCUT2D eigenvalue weighted by Gasteiger charge is 2.06. The molecule has 3 rings (SSSR count). The molecule has 0 spiro atoms. The number of hydrogen-bond acceptors (Lipinski definition) is 3. The Morgan fingerprint density at radius 2 is 1.61 bits per heavy atom. The van der Waals surface area contributed by atoms with Gasteiger partial charge in [0.15, 0.2) is 0 Å². The Morgan fingerprint density at radius 1 is 0.957 bits per heavy atom. The molecule has 2 aromatic carbocycles. The molecular formula is C18H17N2O2S-. The number of nitrogens with zero attached hydrogens (tertiary/aromatic N) is 1. The number of rotatable bonds is 5. The van der Waals surface area contributed by atoms with Crippen molar-refractivity contribution in [2.45, 2.75) is 12.3 Å². The predicted molar refractivity (Wildman–Crippen MR) is 91.7 cm³/mol. The zero-order valence-electron chi connectivity index (χ0n) is 12.5. The van der Waals surface area contributed by atoms with Crippen molar-refractivity contribution in [3.63, 3.8) is 0 Å². The van der Waals surface area contributed by atoms with Crippen LogP contribution in [-0.4, -0.2) is 13.3 Å². The lowest BCUT2D eigenvalue weighted by Crippen LogP contribution is -1.98. The van der Waals surface area contributed by atoms with Gasteiger partial charge in [0.05, 0.1) is 5.69 Å². The van der Waals surface area contributed by atoms with Crippen LogP contribution in [0.1, 0.15) is 11.1 Å². The first kappa shape index (κ1) is 15.7. The second-order valence-electron chi connectivity index (χ2n) is 5.28. The maximum atomic E-state index is 10.8. The van der Waals surface area contributed by atoms with E-state index in [0.29, 0.717) is 6.54 Å². The first-order valence-electron chi connectivity index (χ1n) is 7.29. The van der Waals surface area contributed by atoms with E-state index in [9.17, 15) is 8.76 Å². The van der Waals surface area contributed by atoms with Gasteiger partial charge in [-0.3, -0.25) is 4.21 Å². The summed E-state index contributed by atoms with van der Waals surface area (Å²) in [5, 5.41) is 0. The van der Waals surface area contributed by atoms with Crippen molar-refractivity contribution < 1.29 is 8.76 Å². The molecule has 3 aromatic rings. The van der Waals surface area contributed by atoms with E-state index in [1.165, 1.54) is 0 Å². The molecule has 5 heteroatoms. The smallest absolute Gasteiger partial charge is 0.0528 e. The standard InChI is InChI=1S/C18H18N2O2S/c19-12-14-3-7-16(8-4-14)18-2-1-11-20(18)17-9-5-15(6-10-17)13-23(21)22/h1-11H,12-13,19H2,(H,21,22)/p-1. The topological polar surface area (TPSA) is 71.1 Å². The average Bonchev–Trinajstić information content (AvgIpc) is 3.05. The average molecular weight is 325 g/mol. The van der Waals surface area contributed by atoms with Crippen molar-refractivity contribution in [3.05, 3.63) is 78.0 Å². The molecule has 23 heavy (non-hydrogen) atoms. The SMILES string of the molecule is NCc1ccc(-c2cccn2-c2ccc(CS(=O)[O-])cc2)cc1. The van der Waals surface area contributed by atoms with Crippen LogP contribution >= 0.6 is 0 Å². The Balaban J connectivity index is 1.92. The van der Waals surface area contributed by atoms with Gasteiger partial charge in [-0.15, -0.1) is 0 Å². The van der Waals surface area contributed by atoms with Crippen LogP contribution in [0.2, 0.25) is 0 Å². The molecule has 0 amide bonds. The summed E-state index contributed by atoms with van der Waals surface area (Å²) >= 11 is -2.06. The molecule has 0 aliphatic rings. The fourth-order valence-electron chi connectivity index (χ4n) is 2.54. The first-order chi connectivity index (χ1) is 11.2. The van der Waals surface area contributed by atoms with Crippen LogP contribution in [0.4, 0.5) is 0 Å². The highest BCUT2D eigenvalue weighted by molar-refractivity contribution is 7.78. The zero-order chi connectivity index (χ0) is 16.2. The summed E-state index contributed by atoms with van der Waals surface area (Å²) in [7, 11) is 0. The van der Waals surface area contributed by atoms with Gasteiger partial charge < -0.3 is 14.9 Å². The van der Waals surface area contributed by atoms with Gasteiger partial charge in [0.25, 0.3) is 0 Å². The molecule has 1 aromatic heterocycles. The van der Waals surface area contributed by atoms with Crippen LogP contribution in [0.3, 0.4) is 0 Å². The predicted octanol–water partition coefficient (Wildman–Crippen LogP) is 2.98. The van der Waals surface area contributed by atoms with Crippen LogP contribution in [-0.2, 0) is 23.4 Å². The summed E-state index contributed by atoms with van der Waals surface area (Å²) in [6.45, 7) is 0.532. The minimum atomic E-state index is -2.06. The van der Waals surface area contributed by atoms with Crippen molar-refractivity contribution in [3.8, 4) is 16.9 Å². The molecular weight excluding hydrogens is 308 g/mol. The molecule has 0 aliphatic carbocycles. The van der Waals surface area contributed by atoms with E-state index in [0.717, 1.165) is 28.1 Å². The van der Waals surface area contributed by atoms with Gasteiger partial charge in [-0.05, 0) is 41.0 Å². The highest BCUT2D eigenvalue weighted by atomic mass is 32.2. The van der Waals surface area contributed by atoms with Gasteiger partial charge in [-0.25, -0.2) is 0 Å². The molecule has 0 saturated carbocycles. The second-order valence-corrected chi connectivity index (χ2v) is 6.18. The highest BCUT2D eigenvalue weighted by Crippen LogP contribution is 2.24. The summed E-state index contributed by atoms with van der Waals surface area (Å²) in [6, 6.07) is 19.8. The van der Waals surface area contributed by atoms with Crippen LogP contribution < -0.4 is 5.73 Å². The van der Waals surface area contributed by atoms with Crippen molar-refractivity contribution in [2.24, 2.45) is 5.73 Å². The Kier molecular flexibility index (Phi) is 4.71. The third-order valence-corrected chi connectivity index (χ3v) is 4.30. The normalized spacial score (nSPS) is 12.3. The van der Waals surface area contributed by atoms with E-state index in [-0.39, 0.29) is 5.75 Å². The van der Waals surface area contributed by atoms with Gasteiger partial charge in [-0.2, -0.15) is 0 Å². The molecule has 118 valence electrons. The summed E-state index contributed by atoms with van der Waals surface area (Å²) < 4.78 is 23.6. The quantitative estimate of drug-likeness (QED) is 0.733. The Labute approximate surface area is 137 Å². The van der Waals surface area contributed by atoms with Crippen molar-refractivity contribution >= 4 is 11.1 Å². The van der Waals surface area contributed by atoms with Gasteiger partial charge in [-0.1, -0.05) is 47.5 Å². The van der Waals surface area contributed by atoms with Gasteiger partial charge in [0.2, 0.25) is 0 Å². The van der Waals surface area contributed by atoms with E-state index in [4.69, 9.17) is 5.73 Å². The van der Waals surface area contributed by atoms with Crippen LogP contribution in [0.15, 0.2) is 66.9 Å². The maximum Gasteiger partial charge on any atom is 0.0528 e. The summed E-state index contributed by atoms with van der Waals surface area (Å²) in [5.74, 6) is 0.0410. The van der Waals surface area contributed by atoms with E-state index in [1.807, 2.05) is 48.7 Å². The minimum Gasteiger partial charge on any atom is -0.772 e. The second kappa shape index (κ2) is 6.91. The molecule has 0 fully saturated rings. The molecule has 1 heterocycles. The largest absolute Gasteiger partial charge is 0.772 e. The zero-order valence-corrected chi connectivity index (χ0v) is 13.3. The number of benzene rings is 2. The lowest BCUT2D eigenvalue weighted by molar-refractivity contribution is 0.536. The van der Waals surface area contributed by atoms with E-state index in [1.54, 1.807) is 0 Å². The van der Waals surface area contributed by atoms with Crippen molar-refractivity contribution in [1.82, 2.24) is 4.57 Å². The lowest BCUT2D eigenvalue weighted by Gasteiger charge is -2.11. The summed E-state index contributed by atoms with van der Waals surface area (Å²) in [4.78, 5) is 0. The van der Waals surface area contributed by atoms with Gasteiger partial charge in [0.1, 0.15) is 0 Å². The number of hydrogen-bond donors (Lipinski definition) is 1. The molecule has 0 saturated heterocycles. The molecule has 1 unspecified atom stereocenters. The Hall–Kier alpha value is -2.21. The summed E-state index contributed by atoms with van der Waals surface area (Å²) in [5.41, 5.74) is 10.7. The third kappa shape index (κ3) is 3.59. The molecule has 0 aliphatic heterocycles. The molecule has 2 N–H and O–H groups in total. The maximum absolute atomic E-state index is 10.8. The van der Waals surface area contributed by atoms with Gasteiger partial charge in [0, 0.05) is 24.2 Å². The fourth-order valence-corrected chi connectivity index (χ4v) is 3.01.